The Hall–Kier alpha value is 0.0900. The lowest BCUT2D eigenvalue weighted by molar-refractivity contribution is 0.604. The number of hydrogen-bond donors (Lipinski definition) is 0. The standard InChI is InChI=1S/C11H22S/c1-5-10(3)11(4)8-7-9-12-6-2/h5,11H,6-9H2,1-4H3. The van der Waals surface area contributed by atoms with E-state index in [2.05, 4.69) is 33.8 Å². The smallest absolute Gasteiger partial charge is 0.00674 e. The molecule has 0 bridgehead atoms. The van der Waals surface area contributed by atoms with Gasteiger partial charge in [-0.05, 0) is 44.1 Å². The van der Waals surface area contributed by atoms with Gasteiger partial charge in [0.25, 0.3) is 0 Å². The van der Waals surface area contributed by atoms with Gasteiger partial charge in [0.1, 0.15) is 0 Å². The lowest BCUT2D eigenvalue weighted by Crippen LogP contribution is -1.97. The van der Waals surface area contributed by atoms with Crippen molar-refractivity contribution < 1.29 is 0 Å². The Bertz CT molecular complexity index is 127. The van der Waals surface area contributed by atoms with Gasteiger partial charge in [0.05, 0.1) is 0 Å². The number of hydrogen-bond acceptors (Lipinski definition) is 1. The van der Waals surface area contributed by atoms with Crippen molar-refractivity contribution >= 4 is 11.8 Å². The maximum atomic E-state index is 2.33. The van der Waals surface area contributed by atoms with Crippen molar-refractivity contribution in [2.45, 2.75) is 40.5 Å². The van der Waals surface area contributed by atoms with E-state index in [1.165, 1.54) is 29.9 Å². The fourth-order valence-electron chi connectivity index (χ4n) is 1.15. The van der Waals surface area contributed by atoms with E-state index in [9.17, 15) is 0 Å². The van der Waals surface area contributed by atoms with E-state index < -0.39 is 0 Å². The summed E-state index contributed by atoms with van der Waals surface area (Å²) in [5.41, 5.74) is 1.54. The van der Waals surface area contributed by atoms with Gasteiger partial charge < -0.3 is 0 Å². The third-order valence-electron chi connectivity index (χ3n) is 2.36. The summed E-state index contributed by atoms with van der Waals surface area (Å²) < 4.78 is 0. The Kier molecular flexibility index (Phi) is 7.78. The average molecular weight is 186 g/mol. The van der Waals surface area contributed by atoms with E-state index in [-0.39, 0.29) is 0 Å². The lowest BCUT2D eigenvalue weighted by atomic mass is 9.98. The van der Waals surface area contributed by atoms with Crippen molar-refractivity contribution in [3.63, 3.8) is 0 Å². The molecule has 0 aromatic carbocycles. The van der Waals surface area contributed by atoms with Crippen LogP contribution in [0.5, 0.6) is 0 Å². The van der Waals surface area contributed by atoms with Crippen molar-refractivity contribution in [1.29, 1.82) is 0 Å². The third-order valence-corrected chi connectivity index (χ3v) is 3.35. The predicted octanol–water partition coefficient (Wildman–Crippen LogP) is 4.12. The molecule has 12 heavy (non-hydrogen) atoms. The van der Waals surface area contributed by atoms with Gasteiger partial charge in [0.15, 0.2) is 0 Å². The van der Waals surface area contributed by atoms with E-state index in [1.807, 2.05) is 11.8 Å². The highest BCUT2D eigenvalue weighted by Gasteiger charge is 2.02. The fourth-order valence-corrected chi connectivity index (χ4v) is 1.81. The second-order valence-electron chi connectivity index (χ2n) is 3.27. The Morgan fingerprint density at radius 2 is 2.17 bits per heavy atom. The summed E-state index contributed by atoms with van der Waals surface area (Å²) in [5, 5.41) is 0. The maximum Gasteiger partial charge on any atom is -0.00674 e. The summed E-state index contributed by atoms with van der Waals surface area (Å²) in [4.78, 5) is 0. The first-order valence-corrected chi connectivity index (χ1v) is 6.08. The van der Waals surface area contributed by atoms with E-state index in [0.717, 1.165) is 5.92 Å². The van der Waals surface area contributed by atoms with Crippen molar-refractivity contribution in [3.05, 3.63) is 11.6 Å². The Morgan fingerprint density at radius 3 is 2.67 bits per heavy atom. The average Bonchev–Trinajstić information content (AvgIpc) is 2.10. The molecule has 0 aromatic rings. The first-order chi connectivity index (χ1) is 5.72. The molecular formula is C11H22S. The van der Waals surface area contributed by atoms with Crippen molar-refractivity contribution in [2.24, 2.45) is 5.92 Å². The molecule has 0 heterocycles. The molecule has 0 rings (SSSR count). The molecule has 0 saturated carbocycles. The molecule has 0 aliphatic carbocycles. The van der Waals surface area contributed by atoms with Crippen LogP contribution in [-0.4, -0.2) is 11.5 Å². The van der Waals surface area contributed by atoms with E-state index in [4.69, 9.17) is 0 Å². The fraction of sp³-hybridized carbons (Fsp3) is 0.818. The van der Waals surface area contributed by atoms with Crippen LogP contribution in [0.4, 0.5) is 0 Å². The Labute approximate surface area is 81.8 Å². The number of thioether (sulfide) groups is 1. The van der Waals surface area contributed by atoms with Crippen LogP contribution in [0.3, 0.4) is 0 Å². The highest BCUT2D eigenvalue weighted by Crippen LogP contribution is 2.17. The van der Waals surface area contributed by atoms with Gasteiger partial charge in [-0.1, -0.05) is 25.5 Å². The highest BCUT2D eigenvalue weighted by molar-refractivity contribution is 7.99. The number of allylic oxidation sites excluding steroid dienone is 2. The quantitative estimate of drug-likeness (QED) is 0.444. The van der Waals surface area contributed by atoms with Crippen LogP contribution in [-0.2, 0) is 0 Å². The summed E-state index contributed by atoms with van der Waals surface area (Å²) in [5.74, 6) is 3.38. The molecule has 0 nitrogen and oxygen atoms in total. The van der Waals surface area contributed by atoms with Crippen LogP contribution in [0, 0.1) is 5.92 Å². The van der Waals surface area contributed by atoms with E-state index >= 15 is 0 Å². The van der Waals surface area contributed by atoms with Gasteiger partial charge in [-0.2, -0.15) is 11.8 Å². The second kappa shape index (κ2) is 7.72. The number of rotatable bonds is 6. The summed E-state index contributed by atoms with van der Waals surface area (Å²) in [7, 11) is 0. The van der Waals surface area contributed by atoms with Gasteiger partial charge in [-0.25, -0.2) is 0 Å². The van der Waals surface area contributed by atoms with Crippen LogP contribution < -0.4 is 0 Å². The van der Waals surface area contributed by atoms with Gasteiger partial charge >= 0.3 is 0 Å². The van der Waals surface area contributed by atoms with Crippen molar-refractivity contribution in [1.82, 2.24) is 0 Å². The Balaban J connectivity index is 3.37. The molecule has 0 saturated heterocycles. The first-order valence-electron chi connectivity index (χ1n) is 4.92. The monoisotopic (exact) mass is 186 g/mol. The SMILES string of the molecule is CC=C(C)C(C)CCCSCC. The molecule has 1 atom stereocenters. The normalized spacial score (nSPS) is 14.8. The summed E-state index contributed by atoms with van der Waals surface area (Å²) in [6, 6.07) is 0. The van der Waals surface area contributed by atoms with Crippen LogP contribution >= 0.6 is 11.8 Å². The highest BCUT2D eigenvalue weighted by atomic mass is 32.2. The van der Waals surface area contributed by atoms with Gasteiger partial charge in [-0.3, -0.25) is 0 Å². The minimum atomic E-state index is 0.785. The van der Waals surface area contributed by atoms with Gasteiger partial charge in [0, 0.05) is 0 Å². The maximum absolute atomic E-state index is 2.33. The van der Waals surface area contributed by atoms with E-state index in [0.29, 0.717) is 0 Å². The minimum Gasteiger partial charge on any atom is -0.162 e. The molecule has 0 radical (unpaired) electrons. The first kappa shape index (κ1) is 12.1. The summed E-state index contributed by atoms with van der Waals surface area (Å²) in [6.07, 6.45) is 4.95. The van der Waals surface area contributed by atoms with Crippen LogP contribution in [0.2, 0.25) is 0 Å². The lowest BCUT2D eigenvalue weighted by Gasteiger charge is -2.10. The van der Waals surface area contributed by atoms with Crippen LogP contribution in [0.1, 0.15) is 40.5 Å². The molecule has 0 amide bonds. The zero-order valence-corrected chi connectivity index (χ0v) is 9.71. The van der Waals surface area contributed by atoms with Crippen LogP contribution in [0.15, 0.2) is 11.6 Å². The topological polar surface area (TPSA) is 0 Å². The second-order valence-corrected chi connectivity index (χ2v) is 4.67. The Morgan fingerprint density at radius 1 is 1.50 bits per heavy atom. The zero-order valence-electron chi connectivity index (χ0n) is 8.89. The summed E-state index contributed by atoms with van der Waals surface area (Å²) in [6.45, 7) is 8.92. The van der Waals surface area contributed by atoms with Crippen molar-refractivity contribution in [2.75, 3.05) is 11.5 Å². The summed E-state index contributed by atoms with van der Waals surface area (Å²) >= 11 is 2.05. The molecule has 0 spiro atoms. The molecule has 0 aliphatic heterocycles. The van der Waals surface area contributed by atoms with Crippen molar-refractivity contribution in [3.8, 4) is 0 Å². The molecule has 0 aromatic heterocycles. The van der Waals surface area contributed by atoms with Gasteiger partial charge in [-0.15, -0.1) is 0 Å². The largest absolute Gasteiger partial charge is 0.162 e. The molecule has 72 valence electrons. The molecular weight excluding hydrogens is 164 g/mol. The predicted molar refractivity (Wildman–Crippen MR) is 60.8 cm³/mol. The zero-order chi connectivity index (χ0) is 9.40. The van der Waals surface area contributed by atoms with E-state index in [1.54, 1.807) is 0 Å². The minimum absolute atomic E-state index is 0.785. The molecule has 0 fully saturated rings. The van der Waals surface area contributed by atoms with Crippen LogP contribution in [0.25, 0.3) is 0 Å². The molecule has 0 aliphatic rings. The third kappa shape index (κ3) is 5.70. The molecule has 1 unspecified atom stereocenters. The molecule has 0 N–H and O–H groups in total. The van der Waals surface area contributed by atoms with Gasteiger partial charge in [0.2, 0.25) is 0 Å². The molecule has 1 heteroatoms.